The maximum absolute atomic E-state index is 13.5. The van der Waals surface area contributed by atoms with Crippen molar-refractivity contribution in [2.45, 2.75) is 19.0 Å². The Morgan fingerprint density at radius 1 is 1.56 bits per heavy atom. The second-order valence-electron chi connectivity index (χ2n) is 3.78. The highest BCUT2D eigenvalue weighted by molar-refractivity contribution is 6.31. The molecule has 0 saturated carbocycles. The molecule has 18 heavy (non-hydrogen) atoms. The molecule has 0 unspecified atom stereocenters. The van der Waals surface area contributed by atoms with Crippen LogP contribution in [0.5, 0.6) is 0 Å². The van der Waals surface area contributed by atoms with Gasteiger partial charge in [0.15, 0.2) is 0 Å². The molecule has 1 rings (SSSR count). The molecule has 0 aromatic rings. The molecule has 1 atom stereocenters. The van der Waals surface area contributed by atoms with Crippen molar-refractivity contribution < 1.29 is 9.13 Å². The third kappa shape index (κ3) is 6.39. The number of nitrogens with two attached hydrogens (primary N) is 2. The summed E-state index contributed by atoms with van der Waals surface area (Å²) in [5.74, 6) is -0.295. The van der Waals surface area contributed by atoms with E-state index in [1.165, 1.54) is 18.5 Å². The van der Waals surface area contributed by atoms with E-state index in [1.807, 2.05) is 0 Å². The SMILES string of the molecule is NCCCOC/C=C(\F)CC1=NC=C[C@H](N)N=C1. The molecule has 0 fully saturated rings. The molecule has 1 aliphatic rings. The van der Waals surface area contributed by atoms with Crippen LogP contribution in [0.1, 0.15) is 12.8 Å². The predicted octanol–water partition coefficient (Wildman–Crippen LogP) is 0.919. The van der Waals surface area contributed by atoms with Crippen molar-refractivity contribution in [3.05, 3.63) is 24.2 Å². The highest BCUT2D eigenvalue weighted by Gasteiger charge is 2.03. The number of rotatable bonds is 7. The summed E-state index contributed by atoms with van der Waals surface area (Å²) in [5, 5.41) is 0. The Morgan fingerprint density at radius 3 is 3.17 bits per heavy atom. The lowest BCUT2D eigenvalue weighted by molar-refractivity contribution is 0.160. The molecule has 1 heterocycles. The van der Waals surface area contributed by atoms with E-state index in [-0.39, 0.29) is 18.9 Å². The van der Waals surface area contributed by atoms with Crippen molar-refractivity contribution >= 4 is 11.9 Å². The summed E-state index contributed by atoms with van der Waals surface area (Å²) in [6.45, 7) is 1.36. The summed E-state index contributed by atoms with van der Waals surface area (Å²) in [5.41, 5.74) is 11.4. The Bertz CT molecular complexity index is 363. The minimum absolute atomic E-state index is 0.0980. The molecule has 0 aliphatic carbocycles. The summed E-state index contributed by atoms with van der Waals surface area (Å²) < 4.78 is 18.7. The van der Waals surface area contributed by atoms with Crippen LogP contribution < -0.4 is 11.5 Å². The predicted molar refractivity (Wildman–Crippen MR) is 71.3 cm³/mol. The maximum Gasteiger partial charge on any atom is 0.117 e. The first kappa shape index (κ1) is 14.7. The van der Waals surface area contributed by atoms with Crippen molar-refractivity contribution in [3.8, 4) is 0 Å². The first-order valence-corrected chi connectivity index (χ1v) is 5.87. The Hall–Kier alpha value is -1.37. The molecule has 1 aliphatic heterocycles. The Labute approximate surface area is 106 Å². The second-order valence-corrected chi connectivity index (χ2v) is 3.78. The molecular weight excluding hydrogens is 235 g/mol. The molecule has 0 radical (unpaired) electrons. The van der Waals surface area contributed by atoms with Crippen molar-refractivity contribution in [2.75, 3.05) is 19.8 Å². The van der Waals surface area contributed by atoms with Crippen LogP contribution in [0, 0.1) is 0 Å². The fourth-order valence-corrected chi connectivity index (χ4v) is 1.24. The topological polar surface area (TPSA) is 86.0 Å². The smallest absolute Gasteiger partial charge is 0.117 e. The number of nitrogens with zero attached hydrogens (tertiary/aromatic N) is 2. The summed E-state index contributed by atoms with van der Waals surface area (Å²) >= 11 is 0. The van der Waals surface area contributed by atoms with Crippen molar-refractivity contribution in [3.63, 3.8) is 0 Å². The number of ether oxygens (including phenoxy) is 1. The van der Waals surface area contributed by atoms with Crippen LogP contribution in [0.3, 0.4) is 0 Å². The third-order valence-electron chi connectivity index (χ3n) is 2.18. The lowest BCUT2D eigenvalue weighted by atomic mass is 10.2. The zero-order chi connectivity index (χ0) is 13.2. The Kier molecular flexibility index (Phi) is 7.09. The zero-order valence-electron chi connectivity index (χ0n) is 10.3. The van der Waals surface area contributed by atoms with Gasteiger partial charge in [0.25, 0.3) is 0 Å². The van der Waals surface area contributed by atoms with E-state index in [0.717, 1.165) is 6.42 Å². The summed E-state index contributed by atoms with van der Waals surface area (Å²) in [6.07, 6.45) is 6.53. The number of hydrogen-bond acceptors (Lipinski definition) is 5. The van der Waals surface area contributed by atoms with Gasteiger partial charge in [-0.1, -0.05) is 0 Å². The van der Waals surface area contributed by atoms with Crippen LogP contribution in [-0.2, 0) is 4.74 Å². The number of allylic oxidation sites excluding steroid dienone is 1. The summed E-state index contributed by atoms with van der Waals surface area (Å²) in [4.78, 5) is 8.01. The van der Waals surface area contributed by atoms with Crippen LogP contribution >= 0.6 is 0 Å². The summed E-state index contributed by atoms with van der Waals surface area (Å²) in [6, 6.07) is 0. The van der Waals surface area contributed by atoms with Gasteiger partial charge in [-0.3, -0.25) is 9.98 Å². The normalized spacial score (nSPS) is 19.8. The molecule has 100 valence electrons. The van der Waals surface area contributed by atoms with Gasteiger partial charge < -0.3 is 16.2 Å². The number of halogens is 1. The van der Waals surface area contributed by atoms with Gasteiger partial charge >= 0.3 is 0 Å². The van der Waals surface area contributed by atoms with Gasteiger partial charge in [-0.05, 0) is 25.1 Å². The highest BCUT2D eigenvalue weighted by Crippen LogP contribution is 2.06. The molecule has 6 heteroatoms. The van der Waals surface area contributed by atoms with Gasteiger partial charge in [-0.15, -0.1) is 0 Å². The molecule has 0 amide bonds. The van der Waals surface area contributed by atoms with Gasteiger partial charge in [0.05, 0.1) is 12.3 Å². The van der Waals surface area contributed by atoms with E-state index in [0.29, 0.717) is 18.9 Å². The molecular formula is C12H19FN4O. The van der Waals surface area contributed by atoms with Gasteiger partial charge in [0.1, 0.15) is 12.0 Å². The highest BCUT2D eigenvalue weighted by atomic mass is 19.1. The average Bonchev–Trinajstić information content (AvgIpc) is 2.54. The standard InChI is InChI=1S/C12H19FN4O/c13-10(3-7-18-6-1-4-14)8-11-9-17-12(15)2-5-16-11/h2-3,5,9,12H,1,4,6-8,14-15H2/b10-3-/t12-/m1/s1. The molecule has 0 aromatic heterocycles. The van der Waals surface area contributed by atoms with E-state index < -0.39 is 6.17 Å². The Balaban J connectivity index is 2.33. The van der Waals surface area contributed by atoms with Crippen LogP contribution in [0.15, 0.2) is 34.2 Å². The van der Waals surface area contributed by atoms with Gasteiger partial charge in [-0.2, -0.15) is 0 Å². The third-order valence-corrected chi connectivity index (χ3v) is 2.18. The molecule has 0 spiro atoms. The minimum Gasteiger partial charge on any atom is -0.377 e. The molecule has 0 saturated heterocycles. The molecule has 5 nitrogen and oxygen atoms in total. The van der Waals surface area contributed by atoms with Gasteiger partial charge in [-0.25, -0.2) is 4.39 Å². The lowest BCUT2D eigenvalue weighted by Gasteiger charge is -2.00. The summed E-state index contributed by atoms with van der Waals surface area (Å²) in [7, 11) is 0. The van der Waals surface area contributed by atoms with Gasteiger partial charge in [0, 0.05) is 25.4 Å². The zero-order valence-corrected chi connectivity index (χ0v) is 10.3. The molecule has 0 aromatic carbocycles. The number of hydrogen-bond donors (Lipinski definition) is 2. The van der Waals surface area contributed by atoms with Crippen molar-refractivity contribution in [1.29, 1.82) is 0 Å². The van der Waals surface area contributed by atoms with Crippen molar-refractivity contribution in [1.82, 2.24) is 0 Å². The second kappa shape index (κ2) is 8.68. The van der Waals surface area contributed by atoms with Gasteiger partial charge in [0.2, 0.25) is 0 Å². The van der Waals surface area contributed by atoms with E-state index in [1.54, 1.807) is 6.08 Å². The van der Waals surface area contributed by atoms with Crippen molar-refractivity contribution in [2.24, 2.45) is 21.5 Å². The van der Waals surface area contributed by atoms with Crippen LogP contribution in [0.4, 0.5) is 4.39 Å². The average molecular weight is 254 g/mol. The monoisotopic (exact) mass is 254 g/mol. The van der Waals surface area contributed by atoms with E-state index >= 15 is 0 Å². The van der Waals surface area contributed by atoms with Crippen LogP contribution in [0.25, 0.3) is 0 Å². The quantitative estimate of drug-likeness (QED) is 0.662. The fourth-order valence-electron chi connectivity index (χ4n) is 1.24. The van der Waals surface area contributed by atoms with Crippen LogP contribution in [0.2, 0.25) is 0 Å². The first-order valence-electron chi connectivity index (χ1n) is 5.87. The lowest BCUT2D eigenvalue weighted by Crippen LogP contribution is -2.13. The minimum atomic E-state index is -0.405. The Morgan fingerprint density at radius 2 is 2.39 bits per heavy atom. The first-order chi connectivity index (χ1) is 8.72. The van der Waals surface area contributed by atoms with E-state index in [2.05, 4.69) is 9.98 Å². The number of aliphatic imine (C=N–C) groups is 2. The van der Waals surface area contributed by atoms with Crippen LogP contribution in [-0.4, -0.2) is 37.9 Å². The maximum atomic E-state index is 13.5. The molecule has 4 N–H and O–H groups in total. The van der Waals surface area contributed by atoms with E-state index in [9.17, 15) is 4.39 Å². The fraction of sp³-hybridized carbons (Fsp3) is 0.500. The van der Waals surface area contributed by atoms with E-state index in [4.69, 9.17) is 16.2 Å². The molecule has 0 bridgehead atoms. The largest absolute Gasteiger partial charge is 0.377 e.